The molecule has 3 aliphatic rings. The molecule has 0 aromatic carbocycles. The molecule has 110 valence electrons. The van der Waals surface area contributed by atoms with Gasteiger partial charge in [-0.3, -0.25) is 0 Å². The summed E-state index contributed by atoms with van der Waals surface area (Å²) in [6.07, 6.45) is 8.64. The Balaban J connectivity index is 1.44. The largest absolute Gasteiger partial charge is 0.348 e. The van der Waals surface area contributed by atoms with Crippen molar-refractivity contribution in [1.82, 2.24) is 10.2 Å². The highest BCUT2D eigenvalue weighted by Gasteiger charge is 2.41. The SMILES string of the molecule is CN(CC1CCCCN1)C1CCC2(CC1)OCCO2. The van der Waals surface area contributed by atoms with Gasteiger partial charge >= 0.3 is 0 Å². The topological polar surface area (TPSA) is 33.7 Å². The summed E-state index contributed by atoms with van der Waals surface area (Å²) in [7, 11) is 2.29. The van der Waals surface area contributed by atoms with Crippen molar-refractivity contribution >= 4 is 0 Å². The van der Waals surface area contributed by atoms with E-state index in [0.29, 0.717) is 12.1 Å². The van der Waals surface area contributed by atoms with Crippen LogP contribution < -0.4 is 5.32 Å². The number of ether oxygens (including phenoxy) is 2. The Morgan fingerprint density at radius 3 is 2.47 bits per heavy atom. The van der Waals surface area contributed by atoms with Gasteiger partial charge in [0.1, 0.15) is 0 Å². The summed E-state index contributed by atoms with van der Waals surface area (Å²) in [5, 5.41) is 3.65. The summed E-state index contributed by atoms with van der Waals surface area (Å²) in [4.78, 5) is 2.56. The molecular weight excluding hydrogens is 240 g/mol. The van der Waals surface area contributed by atoms with Gasteiger partial charge in [0.25, 0.3) is 0 Å². The van der Waals surface area contributed by atoms with E-state index in [1.165, 1.54) is 45.2 Å². The molecule has 2 saturated heterocycles. The monoisotopic (exact) mass is 268 g/mol. The van der Waals surface area contributed by atoms with Crippen LogP contribution in [0.15, 0.2) is 0 Å². The van der Waals surface area contributed by atoms with Gasteiger partial charge < -0.3 is 19.7 Å². The molecule has 0 radical (unpaired) electrons. The Kier molecular flexibility index (Phi) is 4.42. The highest BCUT2D eigenvalue weighted by molar-refractivity contribution is 4.87. The molecule has 0 aromatic rings. The second kappa shape index (κ2) is 6.08. The fraction of sp³-hybridized carbons (Fsp3) is 1.00. The first-order chi connectivity index (χ1) is 9.27. The van der Waals surface area contributed by atoms with E-state index < -0.39 is 0 Å². The summed E-state index contributed by atoms with van der Waals surface area (Å²) in [6, 6.07) is 1.41. The predicted octanol–water partition coefficient (Wildman–Crippen LogP) is 1.75. The average Bonchev–Trinajstić information content (AvgIpc) is 2.89. The van der Waals surface area contributed by atoms with Crippen LogP contribution in [0.1, 0.15) is 44.9 Å². The maximum absolute atomic E-state index is 5.81. The smallest absolute Gasteiger partial charge is 0.168 e. The first-order valence-electron chi connectivity index (χ1n) is 7.99. The number of likely N-dealkylation sites (N-methyl/N-ethyl adjacent to an activating group) is 1. The lowest BCUT2D eigenvalue weighted by Crippen LogP contribution is -2.48. The van der Waals surface area contributed by atoms with Gasteiger partial charge in [0.2, 0.25) is 0 Å². The van der Waals surface area contributed by atoms with Crippen LogP contribution in [-0.4, -0.2) is 56.1 Å². The molecule has 0 amide bonds. The zero-order chi connectivity index (χ0) is 13.1. The fourth-order valence-corrected chi connectivity index (χ4v) is 3.85. The summed E-state index contributed by atoms with van der Waals surface area (Å²) >= 11 is 0. The van der Waals surface area contributed by atoms with Crippen LogP contribution in [0.25, 0.3) is 0 Å². The van der Waals surface area contributed by atoms with Crippen molar-refractivity contribution in [2.45, 2.75) is 62.8 Å². The lowest BCUT2D eigenvalue weighted by atomic mass is 9.89. The van der Waals surface area contributed by atoms with E-state index >= 15 is 0 Å². The van der Waals surface area contributed by atoms with Gasteiger partial charge in [0, 0.05) is 31.5 Å². The second-order valence-corrected chi connectivity index (χ2v) is 6.43. The first kappa shape index (κ1) is 13.8. The van der Waals surface area contributed by atoms with E-state index in [1.54, 1.807) is 0 Å². The predicted molar refractivity (Wildman–Crippen MR) is 75.2 cm³/mol. The van der Waals surface area contributed by atoms with Crippen LogP contribution in [0.5, 0.6) is 0 Å². The Hall–Kier alpha value is -0.160. The van der Waals surface area contributed by atoms with Crippen molar-refractivity contribution in [2.75, 3.05) is 33.4 Å². The van der Waals surface area contributed by atoms with Crippen molar-refractivity contribution < 1.29 is 9.47 Å². The third kappa shape index (κ3) is 3.30. The van der Waals surface area contributed by atoms with Crippen molar-refractivity contribution in [3.05, 3.63) is 0 Å². The van der Waals surface area contributed by atoms with Gasteiger partial charge in [-0.1, -0.05) is 6.42 Å². The standard InChI is InChI=1S/C15H28N2O2/c1-17(12-13-4-2-3-9-16-13)14-5-7-15(8-6-14)18-10-11-19-15/h13-14,16H,2-12H2,1H3. The number of nitrogens with one attached hydrogen (secondary N) is 1. The van der Waals surface area contributed by atoms with Gasteiger partial charge in [-0.05, 0) is 39.3 Å². The van der Waals surface area contributed by atoms with Crippen molar-refractivity contribution in [3.63, 3.8) is 0 Å². The third-order valence-corrected chi connectivity index (χ3v) is 5.07. The van der Waals surface area contributed by atoms with Gasteiger partial charge in [-0.15, -0.1) is 0 Å². The summed E-state index contributed by atoms with van der Waals surface area (Å²) in [6.45, 7) is 3.96. The molecule has 1 unspecified atom stereocenters. The number of hydrogen-bond donors (Lipinski definition) is 1. The van der Waals surface area contributed by atoms with Crippen molar-refractivity contribution in [2.24, 2.45) is 0 Å². The lowest BCUT2D eigenvalue weighted by Gasteiger charge is -2.40. The third-order valence-electron chi connectivity index (χ3n) is 5.07. The lowest BCUT2D eigenvalue weighted by molar-refractivity contribution is -0.183. The Morgan fingerprint density at radius 1 is 1.11 bits per heavy atom. The first-order valence-corrected chi connectivity index (χ1v) is 7.99. The average molecular weight is 268 g/mol. The van der Waals surface area contributed by atoms with E-state index in [2.05, 4.69) is 17.3 Å². The molecule has 0 aromatic heterocycles. The van der Waals surface area contributed by atoms with Gasteiger partial charge in [0.15, 0.2) is 5.79 Å². The highest BCUT2D eigenvalue weighted by atomic mass is 16.7. The Bertz CT molecular complexity index is 276. The Morgan fingerprint density at radius 2 is 1.84 bits per heavy atom. The molecule has 2 aliphatic heterocycles. The van der Waals surface area contributed by atoms with Gasteiger partial charge in [0.05, 0.1) is 13.2 Å². The minimum Gasteiger partial charge on any atom is -0.348 e. The minimum atomic E-state index is -0.208. The molecule has 1 N–H and O–H groups in total. The fourth-order valence-electron chi connectivity index (χ4n) is 3.85. The Labute approximate surface area is 116 Å². The van der Waals surface area contributed by atoms with E-state index in [1.807, 2.05) is 0 Å². The summed E-state index contributed by atoms with van der Waals surface area (Å²) < 4.78 is 11.6. The molecule has 3 fully saturated rings. The number of piperidine rings is 1. The number of nitrogens with zero attached hydrogens (tertiary/aromatic N) is 1. The zero-order valence-electron chi connectivity index (χ0n) is 12.2. The number of rotatable bonds is 3. The molecule has 4 heteroatoms. The summed E-state index contributed by atoms with van der Waals surface area (Å²) in [5.41, 5.74) is 0. The maximum Gasteiger partial charge on any atom is 0.168 e. The van der Waals surface area contributed by atoms with Crippen LogP contribution >= 0.6 is 0 Å². The molecule has 19 heavy (non-hydrogen) atoms. The highest BCUT2D eigenvalue weighted by Crippen LogP contribution is 2.37. The van der Waals surface area contributed by atoms with E-state index in [9.17, 15) is 0 Å². The van der Waals surface area contributed by atoms with E-state index in [4.69, 9.17) is 9.47 Å². The second-order valence-electron chi connectivity index (χ2n) is 6.43. The quantitative estimate of drug-likeness (QED) is 0.845. The van der Waals surface area contributed by atoms with Crippen LogP contribution in [0.4, 0.5) is 0 Å². The van der Waals surface area contributed by atoms with Crippen LogP contribution in [0.2, 0.25) is 0 Å². The molecule has 3 rings (SSSR count). The van der Waals surface area contributed by atoms with Crippen molar-refractivity contribution in [1.29, 1.82) is 0 Å². The number of hydrogen-bond acceptors (Lipinski definition) is 4. The molecule has 1 saturated carbocycles. The van der Waals surface area contributed by atoms with Crippen molar-refractivity contribution in [3.8, 4) is 0 Å². The molecule has 1 spiro atoms. The molecule has 0 bridgehead atoms. The van der Waals surface area contributed by atoms with Crippen LogP contribution in [0, 0.1) is 0 Å². The van der Waals surface area contributed by atoms with Crippen LogP contribution in [0.3, 0.4) is 0 Å². The molecular formula is C15H28N2O2. The van der Waals surface area contributed by atoms with Crippen LogP contribution in [-0.2, 0) is 9.47 Å². The maximum atomic E-state index is 5.81. The summed E-state index contributed by atoms with van der Waals surface area (Å²) in [5.74, 6) is -0.208. The molecule has 1 atom stereocenters. The molecule has 4 nitrogen and oxygen atoms in total. The van der Waals surface area contributed by atoms with Gasteiger partial charge in [-0.25, -0.2) is 0 Å². The molecule has 2 heterocycles. The normalized spacial score (nSPS) is 32.2. The zero-order valence-corrected chi connectivity index (χ0v) is 12.2. The van der Waals surface area contributed by atoms with Gasteiger partial charge in [-0.2, -0.15) is 0 Å². The molecule has 1 aliphatic carbocycles. The minimum absolute atomic E-state index is 0.208. The van der Waals surface area contributed by atoms with E-state index in [-0.39, 0.29) is 5.79 Å². The van der Waals surface area contributed by atoms with E-state index in [0.717, 1.165) is 26.1 Å².